The van der Waals surface area contributed by atoms with E-state index in [0.717, 1.165) is 21.3 Å². The molecule has 0 saturated carbocycles. The van der Waals surface area contributed by atoms with Crippen LogP contribution in [0.15, 0.2) is 29.3 Å². The van der Waals surface area contributed by atoms with Crippen molar-refractivity contribution in [2.45, 2.75) is 20.0 Å². The highest BCUT2D eigenvalue weighted by atomic mass is 79.9. The summed E-state index contributed by atoms with van der Waals surface area (Å²) in [7, 11) is 0. The van der Waals surface area contributed by atoms with Crippen molar-refractivity contribution >= 4 is 15.9 Å². The van der Waals surface area contributed by atoms with Gasteiger partial charge in [-0.2, -0.15) is 0 Å². The molecule has 1 atom stereocenters. The van der Waals surface area contributed by atoms with Crippen LogP contribution in [0.5, 0.6) is 5.75 Å². The molecule has 0 fully saturated rings. The SMILES string of the molecule is C=C[C@H](O)COc1cc(C)c(Br)c(C)c1. The Bertz CT molecular complexity index is 338. The van der Waals surface area contributed by atoms with Crippen molar-refractivity contribution in [3.8, 4) is 5.75 Å². The standard InChI is InChI=1S/C12H15BrO2/c1-4-10(14)7-15-11-5-8(2)12(13)9(3)6-11/h4-6,10,14H,1,7H2,2-3H3/t10-/m0/s1. The minimum absolute atomic E-state index is 0.240. The number of halogens is 1. The van der Waals surface area contributed by atoms with E-state index in [4.69, 9.17) is 4.74 Å². The van der Waals surface area contributed by atoms with Gasteiger partial charge in [0.25, 0.3) is 0 Å². The van der Waals surface area contributed by atoms with E-state index in [0.29, 0.717) is 0 Å². The van der Waals surface area contributed by atoms with E-state index in [9.17, 15) is 5.11 Å². The molecule has 0 heterocycles. The number of aryl methyl sites for hydroxylation is 2. The maximum atomic E-state index is 9.26. The van der Waals surface area contributed by atoms with Crippen molar-refractivity contribution in [3.05, 3.63) is 40.4 Å². The minimum atomic E-state index is -0.616. The lowest BCUT2D eigenvalue weighted by Gasteiger charge is -2.11. The van der Waals surface area contributed by atoms with Crippen molar-refractivity contribution in [2.24, 2.45) is 0 Å². The van der Waals surface area contributed by atoms with Gasteiger partial charge in [0.05, 0.1) is 0 Å². The third kappa shape index (κ3) is 3.36. The van der Waals surface area contributed by atoms with Gasteiger partial charge in [0, 0.05) is 4.47 Å². The smallest absolute Gasteiger partial charge is 0.120 e. The fourth-order valence-corrected chi connectivity index (χ4v) is 1.47. The van der Waals surface area contributed by atoms with Crippen LogP contribution < -0.4 is 4.74 Å². The van der Waals surface area contributed by atoms with E-state index in [2.05, 4.69) is 22.5 Å². The summed E-state index contributed by atoms with van der Waals surface area (Å²) in [5.41, 5.74) is 2.25. The normalized spacial score (nSPS) is 12.3. The van der Waals surface area contributed by atoms with Crippen LogP contribution in [-0.4, -0.2) is 17.8 Å². The van der Waals surface area contributed by atoms with Gasteiger partial charge in [-0.05, 0) is 37.1 Å². The second-order valence-corrected chi connectivity index (χ2v) is 4.28. The van der Waals surface area contributed by atoms with Gasteiger partial charge in [-0.1, -0.05) is 22.0 Å². The second-order valence-electron chi connectivity index (χ2n) is 3.49. The summed E-state index contributed by atoms with van der Waals surface area (Å²) in [6.45, 7) is 7.74. The zero-order valence-electron chi connectivity index (χ0n) is 8.96. The number of rotatable bonds is 4. The summed E-state index contributed by atoms with van der Waals surface area (Å²) in [6.07, 6.45) is 0.840. The molecule has 82 valence electrons. The van der Waals surface area contributed by atoms with Gasteiger partial charge in [0.15, 0.2) is 0 Å². The molecule has 3 heteroatoms. The average molecular weight is 271 g/mol. The van der Waals surface area contributed by atoms with Gasteiger partial charge in [-0.25, -0.2) is 0 Å². The molecule has 0 saturated heterocycles. The van der Waals surface area contributed by atoms with Crippen LogP contribution in [0.2, 0.25) is 0 Å². The molecule has 0 aromatic heterocycles. The molecule has 0 aliphatic carbocycles. The highest BCUT2D eigenvalue weighted by Gasteiger charge is 2.04. The molecule has 15 heavy (non-hydrogen) atoms. The third-order valence-electron chi connectivity index (χ3n) is 2.10. The Morgan fingerprint density at radius 3 is 2.47 bits per heavy atom. The van der Waals surface area contributed by atoms with Crippen molar-refractivity contribution in [1.82, 2.24) is 0 Å². The van der Waals surface area contributed by atoms with Crippen LogP contribution in [-0.2, 0) is 0 Å². The van der Waals surface area contributed by atoms with E-state index in [1.807, 2.05) is 26.0 Å². The van der Waals surface area contributed by atoms with E-state index in [-0.39, 0.29) is 6.61 Å². The Hall–Kier alpha value is -0.800. The average Bonchev–Trinajstić information content (AvgIpc) is 2.22. The van der Waals surface area contributed by atoms with E-state index in [1.54, 1.807) is 0 Å². The monoisotopic (exact) mass is 270 g/mol. The largest absolute Gasteiger partial charge is 0.491 e. The summed E-state index contributed by atoms with van der Waals surface area (Å²) in [6, 6.07) is 3.87. The molecule has 0 unspecified atom stereocenters. The Morgan fingerprint density at radius 1 is 1.47 bits per heavy atom. The Labute approximate surface area is 98.7 Å². The molecule has 1 N–H and O–H groups in total. The first kappa shape index (κ1) is 12.3. The Morgan fingerprint density at radius 2 is 2.00 bits per heavy atom. The van der Waals surface area contributed by atoms with Gasteiger partial charge >= 0.3 is 0 Å². The predicted octanol–water partition coefficient (Wildman–Crippen LogP) is 2.99. The topological polar surface area (TPSA) is 29.5 Å². The van der Waals surface area contributed by atoms with Crippen LogP contribution >= 0.6 is 15.9 Å². The lowest BCUT2D eigenvalue weighted by molar-refractivity contribution is 0.144. The van der Waals surface area contributed by atoms with Crippen molar-refractivity contribution < 1.29 is 9.84 Å². The van der Waals surface area contributed by atoms with E-state index >= 15 is 0 Å². The molecule has 1 aromatic carbocycles. The first-order chi connectivity index (χ1) is 7.04. The first-order valence-corrected chi connectivity index (χ1v) is 5.54. The fourth-order valence-electron chi connectivity index (χ4n) is 1.24. The molecule has 0 spiro atoms. The van der Waals surface area contributed by atoms with E-state index in [1.165, 1.54) is 6.08 Å². The lowest BCUT2D eigenvalue weighted by Crippen LogP contribution is -2.14. The number of aliphatic hydroxyl groups excluding tert-OH is 1. The van der Waals surface area contributed by atoms with Crippen LogP contribution in [0.1, 0.15) is 11.1 Å². The van der Waals surface area contributed by atoms with Crippen LogP contribution in [0.3, 0.4) is 0 Å². The second kappa shape index (κ2) is 5.33. The molecular formula is C12H15BrO2. The van der Waals surface area contributed by atoms with Gasteiger partial charge in [0.2, 0.25) is 0 Å². The summed E-state index contributed by atoms with van der Waals surface area (Å²) < 4.78 is 6.53. The predicted molar refractivity (Wildman–Crippen MR) is 65.3 cm³/mol. The quantitative estimate of drug-likeness (QED) is 0.853. The number of benzene rings is 1. The molecule has 1 rings (SSSR count). The molecule has 2 nitrogen and oxygen atoms in total. The minimum Gasteiger partial charge on any atom is -0.491 e. The molecule has 1 aromatic rings. The maximum Gasteiger partial charge on any atom is 0.120 e. The zero-order valence-corrected chi connectivity index (χ0v) is 10.5. The summed E-state index contributed by atoms with van der Waals surface area (Å²) in [5.74, 6) is 0.772. The first-order valence-electron chi connectivity index (χ1n) is 4.74. The molecule has 0 radical (unpaired) electrons. The number of hydrogen-bond donors (Lipinski definition) is 1. The summed E-state index contributed by atoms with van der Waals surface area (Å²) in [4.78, 5) is 0. The molecular weight excluding hydrogens is 256 g/mol. The van der Waals surface area contributed by atoms with Gasteiger partial charge < -0.3 is 9.84 Å². The van der Waals surface area contributed by atoms with Crippen LogP contribution in [0.25, 0.3) is 0 Å². The maximum absolute atomic E-state index is 9.26. The number of hydrogen-bond acceptors (Lipinski definition) is 2. The zero-order chi connectivity index (χ0) is 11.4. The molecule has 0 amide bonds. The summed E-state index contributed by atoms with van der Waals surface area (Å²) >= 11 is 3.49. The van der Waals surface area contributed by atoms with Crippen molar-refractivity contribution in [3.63, 3.8) is 0 Å². The lowest BCUT2D eigenvalue weighted by atomic mass is 10.1. The van der Waals surface area contributed by atoms with Gasteiger partial charge in [-0.3, -0.25) is 0 Å². The molecule has 0 aliphatic heterocycles. The van der Waals surface area contributed by atoms with Crippen LogP contribution in [0.4, 0.5) is 0 Å². The van der Waals surface area contributed by atoms with Gasteiger partial charge in [-0.15, -0.1) is 6.58 Å². The number of aliphatic hydroxyl groups is 1. The number of ether oxygens (including phenoxy) is 1. The molecule has 0 aliphatic rings. The highest BCUT2D eigenvalue weighted by Crippen LogP contribution is 2.26. The van der Waals surface area contributed by atoms with Gasteiger partial charge in [0.1, 0.15) is 18.5 Å². The Balaban J connectivity index is 2.74. The third-order valence-corrected chi connectivity index (χ3v) is 3.35. The van der Waals surface area contributed by atoms with Crippen molar-refractivity contribution in [2.75, 3.05) is 6.61 Å². The summed E-state index contributed by atoms with van der Waals surface area (Å²) in [5, 5.41) is 9.26. The van der Waals surface area contributed by atoms with Crippen molar-refractivity contribution in [1.29, 1.82) is 0 Å². The molecule has 0 bridgehead atoms. The van der Waals surface area contributed by atoms with Crippen LogP contribution in [0, 0.1) is 13.8 Å². The highest BCUT2D eigenvalue weighted by molar-refractivity contribution is 9.10. The fraction of sp³-hybridized carbons (Fsp3) is 0.333. The van der Waals surface area contributed by atoms with E-state index < -0.39 is 6.10 Å². The Kier molecular flexibility index (Phi) is 4.36.